The molecule has 0 unspecified atom stereocenters. The van der Waals surface area contributed by atoms with Crippen LogP contribution < -0.4 is 14.3 Å². The molecule has 0 N–H and O–H groups in total. The zero-order chi connectivity index (χ0) is 19.4. The Hall–Kier alpha value is -3.11. The predicted octanol–water partition coefficient (Wildman–Crippen LogP) is 3.74. The van der Waals surface area contributed by atoms with Crippen molar-refractivity contribution in [1.82, 2.24) is 4.57 Å². The summed E-state index contributed by atoms with van der Waals surface area (Å²) in [5.74, 6) is 1.07. The van der Waals surface area contributed by atoms with Crippen molar-refractivity contribution >= 4 is 27.5 Å². The highest BCUT2D eigenvalue weighted by molar-refractivity contribution is 7.16. The number of amides is 1. The number of carbonyl (C=O) groups is 1. The summed E-state index contributed by atoms with van der Waals surface area (Å²) in [4.78, 5) is 17.6. The molecular weight excluding hydrogens is 362 g/mol. The first-order chi connectivity index (χ1) is 13.1. The van der Waals surface area contributed by atoms with Gasteiger partial charge in [-0.05, 0) is 42.8 Å². The lowest BCUT2D eigenvalue weighted by Gasteiger charge is -2.09. The number of hydrogen-bond acceptors (Lipinski definition) is 5. The van der Waals surface area contributed by atoms with E-state index in [1.54, 1.807) is 38.5 Å². The summed E-state index contributed by atoms with van der Waals surface area (Å²) in [6.45, 7) is 2.76. The molecule has 1 amide bonds. The van der Waals surface area contributed by atoms with Gasteiger partial charge >= 0.3 is 0 Å². The molecule has 0 atom stereocenters. The molecule has 0 aliphatic rings. The van der Waals surface area contributed by atoms with Gasteiger partial charge in [-0.1, -0.05) is 18.3 Å². The van der Waals surface area contributed by atoms with E-state index in [-0.39, 0.29) is 5.91 Å². The molecule has 0 bridgehead atoms. The number of nitrogens with zero attached hydrogens (tertiary/aromatic N) is 3. The SMILES string of the molecule is CCCn1c(=NC(=O)c2ccc(C#N)cc2)sc2c(OC)ccc(OC)c21. The lowest BCUT2D eigenvalue weighted by Crippen LogP contribution is -2.17. The lowest BCUT2D eigenvalue weighted by atomic mass is 10.1. The third-order valence-corrected chi connectivity index (χ3v) is 5.19. The fourth-order valence-corrected chi connectivity index (χ4v) is 3.97. The van der Waals surface area contributed by atoms with Crippen LogP contribution in [0.1, 0.15) is 29.3 Å². The molecular formula is C20H19N3O3S. The van der Waals surface area contributed by atoms with E-state index < -0.39 is 0 Å². The van der Waals surface area contributed by atoms with Crippen LogP contribution in [0, 0.1) is 11.3 Å². The van der Waals surface area contributed by atoms with Gasteiger partial charge in [0.05, 0.1) is 25.9 Å². The van der Waals surface area contributed by atoms with E-state index in [1.165, 1.54) is 11.3 Å². The fourth-order valence-electron chi connectivity index (χ4n) is 2.81. The van der Waals surface area contributed by atoms with E-state index in [1.807, 2.05) is 22.8 Å². The van der Waals surface area contributed by atoms with Gasteiger partial charge in [-0.25, -0.2) is 0 Å². The third kappa shape index (κ3) is 3.57. The molecule has 0 saturated carbocycles. The number of aromatic nitrogens is 1. The Bertz CT molecular complexity index is 1090. The van der Waals surface area contributed by atoms with Crippen molar-refractivity contribution in [2.24, 2.45) is 4.99 Å². The van der Waals surface area contributed by atoms with Gasteiger partial charge in [-0.2, -0.15) is 10.3 Å². The molecule has 0 radical (unpaired) electrons. The number of fused-ring (bicyclic) bond motifs is 1. The van der Waals surface area contributed by atoms with Crippen molar-refractivity contribution < 1.29 is 14.3 Å². The number of hydrogen-bond donors (Lipinski definition) is 0. The molecule has 0 saturated heterocycles. The Kier molecular flexibility index (Phi) is 5.57. The maximum absolute atomic E-state index is 12.6. The van der Waals surface area contributed by atoms with Crippen LogP contribution in [0.2, 0.25) is 0 Å². The van der Waals surface area contributed by atoms with Crippen LogP contribution in [0.15, 0.2) is 41.4 Å². The van der Waals surface area contributed by atoms with E-state index in [0.29, 0.717) is 34.0 Å². The summed E-state index contributed by atoms with van der Waals surface area (Å²) in [5.41, 5.74) is 1.81. The van der Waals surface area contributed by atoms with Gasteiger partial charge in [0.25, 0.3) is 5.91 Å². The van der Waals surface area contributed by atoms with E-state index in [9.17, 15) is 4.79 Å². The molecule has 27 heavy (non-hydrogen) atoms. The Morgan fingerprint density at radius 3 is 2.41 bits per heavy atom. The van der Waals surface area contributed by atoms with E-state index in [0.717, 1.165) is 16.6 Å². The molecule has 0 spiro atoms. The number of rotatable bonds is 5. The van der Waals surface area contributed by atoms with Crippen LogP contribution in [-0.4, -0.2) is 24.7 Å². The number of aryl methyl sites for hydroxylation is 1. The normalized spacial score (nSPS) is 11.4. The maximum Gasteiger partial charge on any atom is 0.279 e. The van der Waals surface area contributed by atoms with Crippen LogP contribution in [0.25, 0.3) is 10.2 Å². The molecule has 3 rings (SSSR count). The van der Waals surface area contributed by atoms with Crippen LogP contribution in [0.3, 0.4) is 0 Å². The smallest absolute Gasteiger partial charge is 0.279 e. The van der Waals surface area contributed by atoms with Crippen LogP contribution in [0.5, 0.6) is 11.5 Å². The van der Waals surface area contributed by atoms with Gasteiger partial charge in [0.1, 0.15) is 21.7 Å². The molecule has 6 nitrogen and oxygen atoms in total. The van der Waals surface area contributed by atoms with Crippen molar-refractivity contribution in [3.05, 3.63) is 52.3 Å². The number of ether oxygens (including phenoxy) is 2. The van der Waals surface area contributed by atoms with E-state index in [4.69, 9.17) is 14.7 Å². The largest absolute Gasteiger partial charge is 0.495 e. The van der Waals surface area contributed by atoms with Gasteiger partial charge in [0.15, 0.2) is 4.80 Å². The quantitative estimate of drug-likeness (QED) is 0.674. The third-order valence-electron chi connectivity index (χ3n) is 4.10. The number of thiazole rings is 1. The summed E-state index contributed by atoms with van der Waals surface area (Å²) in [5, 5.41) is 8.89. The summed E-state index contributed by atoms with van der Waals surface area (Å²) in [7, 11) is 3.23. The van der Waals surface area contributed by atoms with Crippen molar-refractivity contribution in [3.8, 4) is 17.6 Å². The van der Waals surface area contributed by atoms with Gasteiger partial charge in [-0.15, -0.1) is 0 Å². The first-order valence-electron chi connectivity index (χ1n) is 8.46. The highest BCUT2D eigenvalue weighted by Gasteiger charge is 2.16. The molecule has 2 aromatic carbocycles. The van der Waals surface area contributed by atoms with Gasteiger partial charge in [0.2, 0.25) is 0 Å². The Morgan fingerprint density at radius 1 is 1.15 bits per heavy atom. The van der Waals surface area contributed by atoms with Crippen molar-refractivity contribution in [3.63, 3.8) is 0 Å². The summed E-state index contributed by atoms with van der Waals surface area (Å²) >= 11 is 1.39. The molecule has 138 valence electrons. The molecule has 0 aliphatic heterocycles. The van der Waals surface area contributed by atoms with E-state index in [2.05, 4.69) is 11.9 Å². The predicted molar refractivity (Wildman–Crippen MR) is 104 cm³/mol. The second kappa shape index (κ2) is 8.06. The second-order valence-electron chi connectivity index (χ2n) is 5.79. The van der Waals surface area contributed by atoms with Gasteiger partial charge in [-0.3, -0.25) is 4.79 Å². The molecule has 7 heteroatoms. The average molecular weight is 381 g/mol. The number of carbonyl (C=O) groups excluding carboxylic acids is 1. The molecule has 1 aromatic heterocycles. The first-order valence-corrected chi connectivity index (χ1v) is 9.28. The topological polar surface area (TPSA) is 76.6 Å². The highest BCUT2D eigenvalue weighted by atomic mass is 32.1. The zero-order valence-electron chi connectivity index (χ0n) is 15.4. The van der Waals surface area contributed by atoms with Gasteiger partial charge < -0.3 is 14.0 Å². The van der Waals surface area contributed by atoms with Crippen LogP contribution >= 0.6 is 11.3 Å². The Balaban J connectivity index is 2.20. The minimum Gasteiger partial charge on any atom is -0.495 e. The van der Waals surface area contributed by atoms with E-state index >= 15 is 0 Å². The average Bonchev–Trinajstić information content (AvgIpc) is 3.05. The summed E-state index contributed by atoms with van der Waals surface area (Å²) < 4.78 is 13.9. The Labute approximate surface area is 160 Å². The number of nitriles is 1. The minimum absolute atomic E-state index is 0.353. The monoisotopic (exact) mass is 381 g/mol. The minimum atomic E-state index is -0.353. The first kappa shape index (κ1) is 18.7. The summed E-state index contributed by atoms with van der Waals surface area (Å²) in [6.07, 6.45) is 0.879. The fraction of sp³-hybridized carbons (Fsp3) is 0.250. The van der Waals surface area contributed by atoms with Crippen LogP contribution in [-0.2, 0) is 6.54 Å². The number of methoxy groups -OCH3 is 2. The second-order valence-corrected chi connectivity index (χ2v) is 6.77. The van der Waals surface area contributed by atoms with Crippen molar-refractivity contribution in [2.75, 3.05) is 14.2 Å². The molecule has 1 heterocycles. The summed E-state index contributed by atoms with van der Waals surface area (Å²) in [6, 6.07) is 12.2. The zero-order valence-corrected chi connectivity index (χ0v) is 16.2. The van der Waals surface area contributed by atoms with Crippen LogP contribution in [0.4, 0.5) is 0 Å². The van der Waals surface area contributed by atoms with Crippen molar-refractivity contribution in [2.45, 2.75) is 19.9 Å². The standard InChI is InChI=1S/C20H19N3O3S/c1-4-11-23-17-15(25-2)9-10-16(26-3)18(17)27-20(23)22-19(24)14-7-5-13(12-21)6-8-14/h5-10H,4,11H2,1-3H3. The molecule has 0 fully saturated rings. The molecule has 3 aromatic rings. The highest BCUT2D eigenvalue weighted by Crippen LogP contribution is 2.35. The maximum atomic E-state index is 12.6. The van der Waals surface area contributed by atoms with Crippen molar-refractivity contribution in [1.29, 1.82) is 5.26 Å². The Morgan fingerprint density at radius 2 is 1.81 bits per heavy atom. The lowest BCUT2D eigenvalue weighted by molar-refractivity contribution is 0.0998. The number of benzene rings is 2. The molecule has 0 aliphatic carbocycles. The van der Waals surface area contributed by atoms with Gasteiger partial charge in [0, 0.05) is 12.1 Å².